The van der Waals surface area contributed by atoms with E-state index in [-0.39, 0.29) is 0 Å². The van der Waals surface area contributed by atoms with Gasteiger partial charge in [-0.3, -0.25) is 9.88 Å². The zero-order chi connectivity index (χ0) is 24.9. The summed E-state index contributed by atoms with van der Waals surface area (Å²) < 4.78 is 11.0. The van der Waals surface area contributed by atoms with Crippen molar-refractivity contribution in [1.29, 1.82) is 0 Å². The van der Waals surface area contributed by atoms with Crippen molar-refractivity contribution in [1.82, 2.24) is 19.9 Å². The van der Waals surface area contributed by atoms with Crippen molar-refractivity contribution >= 4 is 17.4 Å². The summed E-state index contributed by atoms with van der Waals surface area (Å²) in [4.78, 5) is 18.8. The molecule has 5 rings (SSSR count). The van der Waals surface area contributed by atoms with E-state index in [1.165, 1.54) is 0 Å². The molecular weight excluding hydrogens is 474 g/mol. The number of anilines is 1. The Morgan fingerprint density at radius 2 is 1.67 bits per heavy atom. The van der Waals surface area contributed by atoms with E-state index in [1.54, 1.807) is 26.6 Å². The second-order valence-corrected chi connectivity index (χ2v) is 9.06. The van der Waals surface area contributed by atoms with Gasteiger partial charge in [-0.05, 0) is 42.5 Å². The van der Waals surface area contributed by atoms with Gasteiger partial charge in [-0.1, -0.05) is 23.7 Å². The number of pyridine rings is 1. The summed E-state index contributed by atoms with van der Waals surface area (Å²) >= 11 is 6.12. The second kappa shape index (κ2) is 10.9. The van der Waals surface area contributed by atoms with Crippen molar-refractivity contribution < 1.29 is 9.47 Å². The third-order valence-electron chi connectivity index (χ3n) is 6.35. The van der Waals surface area contributed by atoms with Crippen LogP contribution in [0, 0.1) is 0 Å². The van der Waals surface area contributed by atoms with Gasteiger partial charge in [0.1, 0.15) is 17.3 Å². The Balaban J connectivity index is 1.37. The predicted octanol–water partition coefficient (Wildman–Crippen LogP) is 5.20. The number of rotatable bonds is 7. The lowest BCUT2D eigenvalue weighted by Crippen LogP contribution is -2.46. The van der Waals surface area contributed by atoms with Gasteiger partial charge in [-0.25, -0.2) is 9.97 Å². The summed E-state index contributed by atoms with van der Waals surface area (Å²) in [6.45, 7) is 4.33. The molecule has 0 radical (unpaired) electrons. The first-order chi connectivity index (χ1) is 17.6. The molecule has 3 heterocycles. The molecule has 2 aromatic heterocycles. The molecule has 0 bridgehead atoms. The lowest BCUT2D eigenvalue weighted by molar-refractivity contribution is 0.245. The van der Waals surface area contributed by atoms with Gasteiger partial charge in [-0.15, -0.1) is 0 Å². The first-order valence-corrected chi connectivity index (χ1v) is 12.2. The highest BCUT2D eigenvalue weighted by Crippen LogP contribution is 2.29. The maximum atomic E-state index is 6.12. The number of piperazine rings is 1. The number of ether oxygens (including phenoxy) is 2. The number of nitrogens with zero attached hydrogens (tertiary/aromatic N) is 5. The third-order valence-corrected chi connectivity index (χ3v) is 6.60. The van der Waals surface area contributed by atoms with Crippen LogP contribution in [0.1, 0.15) is 5.56 Å². The molecule has 1 saturated heterocycles. The molecule has 184 valence electrons. The fourth-order valence-electron chi connectivity index (χ4n) is 4.37. The molecule has 36 heavy (non-hydrogen) atoms. The van der Waals surface area contributed by atoms with Crippen LogP contribution in [0.25, 0.3) is 22.6 Å². The minimum atomic E-state index is 0.661. The van der Waals surface area contributed by atoms with E-state index in [0.29, 0.717) is 10.8 Å². The van der Waals surface area contributed by atoms with Gasteiger partial charge in [0.2, 0.25) is 0 Å². The molecule has 8 heteroatoms. The Bertz CT molecular complexity index is 1310. The van der Waals surface area contributed by atoms with E-state index < -0.39 is 0 Å². The highest BCUT2D eigenvalue weighted by molar-refractivity contribution is 6.30. The minimum absolute atomic E-state index is 0.661. The topological polar surface area (TPSA) is 63.6 Å². The quantitative estimate of drug-likeness (QED) is 0.345. The number of hydrogen-bond acceptors (Lipinski definition) is 7. The fraction of sp³-hybridized carbons (Fsp3) is 0.250. The van der Waals surface area contributed by atoms with Crippen molar-refractivity contribution in [3.8, 4) is 34.1 Å². The van der Waals surface area contributed by atoms with Crippen LogP contribution in [-0.4, -0.2) is 60.3 Å². The van der Waals surface area contributed by atoms with Gasteiger partial charge >= 0.3 is 0 Å². The molecule has 7 nitrogen and oxygen atoms in total. The molecule has 0 N–H and O–H groups in total. The van der Waals surface area contributed by atoms with Gasteiger partial charge < -0.3 is 14.4 Å². The van der Waals surface area contributed by atoms with Crippen molar-refractivity contribution in [3.05, 3.63) is 83.6 Å². The zero-order valence-electron chi connectivity index (χ0n) is 20.4. The molecule has 0 aliphatic carbocycles. The van der Waals surface area contributed by atoms with Crippen LogP contribution in [0.15, 0.2) is 73.1 Å². The molecule has 1 fully saturated rings. The summed E-state index contributed by atoms with van der Waals surface area (Å²) in [6, 6.07) is 19.6. The third kappa shape index (κ3) is 5.42. The molecule has 4 aromatic rings. The Hall–Kier alpha value is -3.68. The van der Waals surface area contributed by atoms with Crippen molar-refractivity contribution in [2.75, 3.05) is 45.3 Å². The second-order valence-electron chi connectivity index (χ2n) is 8.62. The maximum absolute atomic E-state index is 6.12. The Morgan fingerprint density at radius 3 is 2.36 bits per heavy atom. The van der Waals surface area contributed by atoms with Crippen LogP contribution < -0.4 is 14.4 Å². The molecule has 1 aliphatic rings. The Labute approximate surface area is 216 Å². The van der Waals surface area contributed by atoms with Gasteiger partial charge in [0.15, 0.2) is 5.82 Å². The van der Waals surface area contributed by atoms with E-state index in [2.05, 4.69) is 20.9 Å². The summed E-state index contributed by atoms with van der Waals surface area (Å²) in [5, 5.41) is 0.698. The molecule has 1 aliphatic heterocycles. The first-order valence-electron chi connectivity index (χ1n) is 11.9. The number of hydrogen-bond donors (Lipinski definition) is 0. The van der Waals surface area contributed by atoms with Crippen LogP contribution in [0.3, 0.4) is 0 Å². The normalized spacial score (nSPS) is 14.0. The Kier molecular flexibility index (Phi) is 7.30. The monoisotopic (exact) mass is 501 g/mol. The Morgan fingerprint density at radius 1 is 0.861 bits per heavy atom. The average molecular weight is 502 g/mol. The van der Waals surface area contributed by atoms with Gasteiger partial charge in [-0.2, -0.15) is 0 Å². The van der Waals surface area contributed by atoms with Crippen molar-refractivity contribution in [2.45, 2.75) is 6.54 Å². The molecule has 0 amide bonds. The number of aromatic nitrogens is 3. The smallest absolute Gasteiger partial charge is 0.163 e. The van der Waals surface area contributed by atoms with E-state index >= 15 is 0 Å². The molecule has 0 unspecified atom stereocenters. The lowest BCUT2D eigenvalue weighted by atomic mass is 10.1. The zero-order valence-corrected chi connectivity index (χ0v) is 21.2. The van der Waals surface area contributed by atoms with E-state index in [1.807, 2.05) is 54.6 Å². The first kappa shape index (κ1) is 24.0. The SMILES string of the molecule is COc1ccc(OC)c(CN2CCN(c3cc(-c4ccc(Cl)cc4)nc(-c4cccnc4)n3)CC2)c1. The summed E-state index contributed by atoms with van der Waals surface area (Å²) in [5.74, 6) is 3.28. The average Bonchev–Trinajstić information content (AvgIpc) is 2.94. The van der Waals surface area contributed by atoms with Crippen LogP contribution in [0.2, 0.25) is 5.02 Å². The van der Waals surface area contributed by atoms with Gasteiger partial charge in [0.05, 0.1) is 19.9 Å². The fourth-order valence-corrected chi connectivity index (χ4v) is 4.50. The standard InChI is InChI=1S/C28H28ClN5O2/c1-35-24-9-10-26(36-2)22(16-24)19-33-12-14-34(15-13-33)27-17-25(20-5-7-23(29)8-6-20)31-28(32-27)21-4-3-11-30-18-21/h3-11,16-18H,12-15,19H2,1-2H3. The van der Waals surface area contributed by atoms with E-state index in [9.17, 15) is 0 Å². The molecular formula is C28H28ClN5O2. The highest BCUT2D eigenvalue weighted by Gasteiger charge is 2.21. The summed E-state index contributed by atoms with van der Waals surface area (Å²) in [6.07, 6.45) is 3.55. The van der Waals surface area contributed by atoms with Crippen LogP contribution in [0.4, 0.5) is 5.82 Å². The summed E-state index contributed by atoms with van der Waals surface area (Å²) in [7, 11) is 3.39. The minimum Gasteiger partial charge on any atom is -0.497 e. The van der Waals surface area contributed by atoms with Gasteiger partial charge in [0, 0.05) is 72.9 Å². The van der Waals surface area contributed by atoms with Crippen LogP contribution in [0.5, 0.6) is 11.5 Å². The largest absolute Gasteiger partial charge is 0.497 e. The molecule has 0 atom stereocenters. The van der Waals surface area contributed by atoms with Crippen molar-refractivity contribution in [3.63, 3.8) is 0 Å². The number of halogens is 1. The summed E-state index contributed by atoms with van der Waals surface area (Å²) in [5.41, 5.74) is 3.87. The molecule has 0 spiro atoms. The lowest BCUT2D eigenvalue weighted by Gasteiger charge is -2.35. The van der Waals surface area contributed by atoms with E-state index in [0.717, 1.165) is 72.4 Å². The highest BCUT2D eigenvalue weighted by atomic mass is 35.5. The van der Waals surface area contributed by atoms with E-state index in [4.69, 9.17) is 31.0 Å². The van der Waals surface area contributed by atoms with Crippen LogP contribution >= 0.6 is 11.6 Å². The van der Waals surface area contributed by atoms with Crippen LogP contribution in [-0.2, 0) is 6.54 Å². The van der Waals surface area contributed by atoms with Gasteiger partial charge in [0.25, 0.3) is 0 Å². The molecule has 0 saturated carbocycles. The maximum Gasteiger partial charge on any atom is 0.163 e. The van der Waals surface area contributed by atoms with Crippen molar-refractivity contribution in [2.24, 2.45) is 0 Å². The molecule has 2 aromatic carbocycles. The number of methoxy groups -OCH3 is 2. The number of benzene rings is 2. The predicted molar refractivity (Wildman–Crippen MR) is 143 cm³/mol.